The van der Waals surface area contributed by atoms with Crippen LogP contribution in [0, 0.1) is 6.92 Å². The van der Waals surface area contributed by atoms with Crippen LogP contribution in [0.25, 0.3) is 5.57 Å². The Kier molecular flexibility index (Phi) is 4.51. The van der Waals surface area contributed by atoms with E-state index >= 15 is 0 Å². The molecule has 1 aliphatic rings. The number of aryl methyl sites for hydroxylation is 1. The molecule has 2 aromatic rings. The van der Waals surface area contributed by atoms with Gasteiger partial charge in [-0.3, -0.25) is 0 Å². The van der Waals surface area contributed by atoms with E-state index in [1.54, 1.807) is 11.8 Å². The lowest BCUT2D eigenvalue weighted by molar-refractivity contribution is 0.902. The van der Waals surface area contributed by atoms with E-state index in [-0.39, 0.29) is 0 Å². The number of thioether (sulfide) groups is 1. The zero-order valence-corrected chi connectivity index (χ0v) is 12.9. The third-order valence-corrected chi connectivity index (χ3v) is 4.59. The smallest absolute Gasteiger partial charge is 0.119 e. The predicted octanol–water partition coefficient (Wildman–Crippen LogP) is 4.81. The first-order valence-electron chi connectivity index (χ1n) is 7.20. The topological polar surface area (TPSA) is 25.8 Å². The first kappa shape index (κ1) is 14.1. The highest BCUT2D eigenvalue weighted by Crippen LogP contribution is 2.25. The second kappa shape index (κ2) is 6.72. The molecule has 0 saturated heterocycles. The summed E-state index contributed by atoms with van der Waals surface area (Å²) in [6, 6.07) is 12.6. The summed E-state index contributed by atoms with van der Waals surface area (Å²) in [5.41, 5.74) is 4.96. The molecule has 1 aliphatic carbocycles. The van der Waals surface area contributed by atoms with E-state index in [2.05, 4.69) is 71.7 Å². The van der Waals surface area contributed by atoms with E-state index in [0.717, 1.165) is 29.3 Å². The van der Waals surface area contributed by atoms with Crippen LogP contribution in [0.4, 0.5) is 0 Å². The van der Waals surface area contributed by atoms with Crippen molar-refractivity contribution in [1.29, 1.82) is 0 Å². The fourth-order valence-corrected chi connectivity index (χ4v) is 3.20. The van der Waals surface area contributed by atoms with Crippen LogP contribution in [0.3, 0.4) is 0 Å². The molecule has 0 saturated carbocycles. The molecule has 0 radical (unpaired) electrons. The van der Waals surface area contributed by atoms with Crippen LogP contribution >= 0.6 is 11.8 Å². The fraction of sp³-hybridized carbons (Fsp3) is 0.222. The second-order valence-corrected chi connectivity index (χ2v) is 6.13. The van der Waals surface area contributed by atoms with E-state index in [1.807, 2.05) is 0 Å². The summed E-state index contributed by atoms with van der Waals surface area (Å²) in [5, 5.41) is 9.69. The zero-order valence-electron chi connectivity index (χ0n) is 12.1. The van der Waals surface area contributed by atoms with Crippen LogP contribution in [0.15, 0.2) is 59.7 Å². The van der Waals surface area contributed by atoms with E-state index < -0.39 is 0 Å². The maximum atomic E-state index is 4.36. The molecule has 0 unspecified atom stereocenters. The molecule has 1 aromatic carbocycles. The van der Waals surface area contributed by atoms with Gasteiger partial charge in [-0.05, 0) is 48.6 Å². The van der Waals surface area contributed by atoms with Crippen LogP contribution in [-0.4, -0.2) is 10.2 Å². The Morgan fingerprint density at radius 2 is 2.00 bits per heavy atom. The van der Waals surface area contributed by atoms with Crippen molar-refractivity contribution < 1.29 is 0 Å². The maximum Gasteiger partial charge on any atom is 0.119 e. The molecule has 1 heterocycles. The van der Waals surface area contributed by atoms with Crippen LogP contribution in [-0.2, 0) is 5.75 Å². The highest BCUT2D eigenvalue weighted by atomic mass is 32.2. The molecule has 0 aliphatic heterocycles. The number of allylic oxidation sites excluding steroid dienone is 4. The quantitative estimate of drug-likeness (QED) is 0.757. The van der Waals surface area contributed by atoms with Crippen molar-refractivity contribution in [2.75, 3.05) is 0 Å². The van der Waals surface area contributed by atoms with Gasteiger partial charge in [-0.15, -0.1) is 10.2 Å². The Balaban J connectivity index is 1.66. The summed E-state index contributed by atoms with van der Waals surface area (Å²) in [6.45, 7) is 2.15. The van der Waals surface area contributed by atoms with Crippen LogP contribution in [0.5, 0.6) is 0 Å². The normalized spacial score (nSPS) is 14.0. The van der Waals surface area contributed by atoms with Crippen molar-refractivity contribution in [2.24, 2.45) is 0 Å². The van der Waals surface area contributed by atoms with Gasteiger partial charge in [0, 0.05) is 5.75 Å². The number of aromatic nitrogens is 2. The van der Waals surface area contributed by atoms with Crippen LogP contribution < -0.4 is 0 Å². The molecule has 2 nitrogen and oxygen atoms in total. The molecule has 3 heteroatoms. The lowest BCUT2D eigenvalue weighted by Crippen LogP contribution is -1.95. The van der Waals surface area contributed by atoms with E-state index in [0.29, 0.717) is 0 Å². The number of benzene rings is 1. The molecule has 106 valence electrons. The van der Waals surface area contributed by atoms with Gasteiger partial charge in [0.1, 0.15) is 5.03 Å². The SMILES string of the molecule is Cc1ccccc1CSc1ccc(C2=CC=CCC2)nn1. The number of nitrogens with zero attached hydrogens (tertiary/aromatic N) is 2. The minimum Gasteiger partial charge on any atom is -0.150 e. The van der Waals surface area contributed by atoms with E-state index in [1.165, 1.54) is 16.7 Å². The summed E-state index contributed by atoms with van der Waals surface area (Å²) < 4.78 is 0. The number of hydrogen-bond donors (Lipinski definition) is 0. The first-order valence-corrected chi connectivity index (χ1v) is 8.18. The van der Waals surface area contributed by atoms with Crippen molar-refractivity contribution in [3.8, 4) is 0 Å². The van der Waals surface area contributed by atoms with Gasteiger partial charge in [0.2, 0.25) is 0 Å². The highest BCUT2D eigenvalue weighted by molar-refractivity contribution is 7.98. The average molecular weight is 294 g/mol. The third-order valence-electron chi connectivity index (χ3n) is 3.62. The van der Waals surface area contributed by atoms with Crippen molar-refractivity contribution in [3.05, 3.63) is 71.4 Å². The monoisotopic (exact) mass is 294 g/mol. The molecule has 0 fully saturated rings. The van der Waals surface area contributed by atoms with E-state index in [4.69, 9.17) is 0 Å². The van der Waals surface area contributed by atoms with Gasteiger partial charge in [-0.25, -0.2) is 0 Å². The molecular weight excluding hydrogens is 276 g/mol. The minimum absolute atomic E-state index is 0.937. The summed E-state index contributed by atoms with van der Waals surface area (Å²) >= 11 is 1.74. The average Bonchev–Trinajstić information content (AvgIpc) is 2.55. The van der Waals surface area contributed by atoms with Gasteiger partial charge in [-0.1, -0.05) is 54.3 Å². The minimum atomic E-state index is 0.937. The Morgan fingerprint density at radius 3 is 2.71 bits per heavy atom. The molecule has 21 heavy (non-hydrogen) atoms. The van der Waals surface area contributed by atoms with Crippen molar-refractivity contribution >= 4 is 17.3 Å². The standard InChI is InChI=1S/C18H18N2S/c1-14-7-5-6-10-16(14)13-21-18-12-11-17(19-20-18)15-8-3-2-4-9-15/h2-3,5-8,10-12H,4,9,13H2,1H3. The van der Waals surface area contributed by atoms with Gasteiger partial charge in [-0.2, -0.15) is 0 Å². The maximum absolute atomic E-state index is 4.36. The number of rotatable bonds is 4. The van der Waals surface area contributed by atoms with Crippen molar-refractivity contribution in [1.82, 2.24) is 10.2 Å². The number of hydrogen-bond acceptors (Lipinski definition) is 3. The van der Waals surface area contributed by atoms with Crippen molar-refractivity contribution in [3.63, 3.8) is 0 Å². The molecule has 0 amide bonds. The summed E-state index contributed by atoms with van der Waals surface area (Å²) in [5.74, 6) is 0.937. The summed E-state index contributed by atoms with van der Waals surface area (Å²) in [7, 11) is 0. The van der Waals surface area contributed by atoms with Crippen LogP contribution in [0.1, 0.15) is 29.7 Å². The Morgan fingerprint density at radius 1 is 1.10 bits per heavy atom. The van der Waals surface area contributed by atoms with E-state index in [9.17, 15) is 0 Å². The third kappa shape index (κ3) is 3.61. The molecule has 0 N–H and O–H groups in total. The molecule has 3 rings (SSSR count). The van der Waals surface area contributed by atoms with Crippen molar-refractivity contribution in [2.45, 2.75) is 30.5 Å². The van der Waals surface area contributed by atoms with Gasteiger partial charge in [0.05, 0.1) is 5.69 Å². The lowest BCUT2D eigenvalue weighted by Gasteiger charge is -2.08. The van der Waals surface area contributed by atoms with Gasteiger partial charge >= 0.3 is 0 Å². The Labute approximate surface area is 130 Å². The first-order chi connectivity index (χ1) is 10.3. The second-order valence-electron chi connectivity index (χ2n) is 5.13. The molecule has 0 atom stereocenters. The molecular formula is C18H18N2S. The Hall–Kier alpha value is -1.87. The van der Waals surface area contributed by atoms with Crippen LogP contribution in [0.2, 0.25) is 0 Å². The molecule has 1 aromatic heterocycles. The van der Waals surface area contributed by atoms with Gasteiger partial charge in [0.25, 0.3) is 0 Å². The Bertz CT molecular complexity index is 672. The highest BCUT2D eigenvalue weighted by Gasteiger charge is 2.06. The summed E-state index contributed by atoms with van der Waals surface area (Å²) in [4.78, 5) is 0. The zero-order chi connectivity index (χ0) is 14.5. The summed E-state index contributed by atoms with van der Waals surface area (Å²) in [6.07, 6.45) is 8.57. The molecule has 0 spiro atoms. The van der Waals surface area contributed by atoms with Gasteiger partial charge in [0.15, 0.2) is 0 Å². The fourth-order valence-electron chi connectivity index (χ4n) is 2.31. The lowest BCUT2D eigenvalue weighted by atomic mass is 10.0. The molecule has 0 bridgehead atoms. The van der Waals surface area contributed by atoms with Gasteiger partial charge < -0.3 is 0 Å². The predicted molar refractivity (Wildman–Crippen MR) is 89.1 cm³/mol. The largest absolute Gasteiger partial charge is 0.150 e.